The first kappa shape index (κ1) is 24.2. The van der Waals surface area contributed by atoms with Crippen LogP contribution in [0.25, 0.3) is 0 Å². The Morgan fingerprint density at radius 3 is 2.39 bits per heavy atom. The van der Waals surface area contributed by atoms with E-state index in [-0.39, 0.29) is 23.0 Å². The fourth-order valence-corrected chi connectivity index (χ4v) is 4.03. The quantitative estimate of drug-likeness (QED) is 0.736. The lowest BCUT2D eigenvalue weighted by atomic mass is 9.72. The lowest BCUT2D eigenvalue weighted by Gasteiger charge is -2.47. The van der Waals surface area contributed by atoms with Gasteiger partial charge in [0.1, 0.15) is 0 Å². The van der Waals surface area contributed by atoms with Crippen LogP contribution in [0.4, 0.5) is 13.2 Å². The van der Waals surface area contributed by atoms with Gasteiger partial charge in [-0.05, 0) is 36.3 Å². The minimum absolute atomic E-state index is 0.101. The average Bonchev–Trinajstić information content (AvgIpc) is 3.32. The summed E-state index contributed by atoms with van der Waals surface area (Å²) in [6.07, 6.45) is 3.25. The van der Waals surface area contributed by atoms with Crippen LogP contribution in [0.5, 0.6) is 0 Å². The maximum absolute atomic E-state index is 12.4. The Bertz CT molecular complexity index is 958. The predicted molar refractivity (Wildman–Crippen MR) is 107 cm³/mol. The summed E-state index contributed by atoms with van der Waals surface area (Å²) in [6.45, 7) is 2.74. The molecule has 0 radical (unpaired) electrons. The van der Waals surface area contributed by atoms with Crippen molar-refractivity contribution >= 4 is 17.8 Å². The van der Waals surface area contributed by atoms with Crippen LogP contribution >= 0.6 is 0 Å². The summed E-state index contributed by atoms with van der Waals surface area (Å²) >= 11 is 0. The number of halogens is 3. The van der Waals surface area contributed by atoms with E-state index in [1.165, 1.54) is 6.20 Å². The van der Waals surface area contributed by atoms with E-state index in [0.717, 1.165) is 31.4 Å². The first-order chi connectivity index (χ1) is 15.6. The molecular formula is C21H23F3N4O5. The molecule has 0 bridgehead atoms. The normalized spacial score (nSPS) is 18.0. The van der Waals surface area contributed by atoms with E-state index in [2.05, 4.69) is 10.1 Å². The van der Waals surface area contributed by atoms with Gasteiger partial charge in [-0.15, -0.1) is 0 Å². The molecule has 2 aliphatic rings. The number of carbonyl (C=O) groups excluding carboxylic acids is 2. The third-order valence-corrected chi connectivity index (χ3v) is 5.85. The van der Waals surface area contributed by atoms with Crippen LogP contribution in [0.1, 0.15) is 41.8 Å². The number of nitrogens with zero attached hydrogens (tertiary/aromatic N) is 4. The van der Waals surface area contributed by atoms with Gasteiger partial charge in [-0.1, -0.05) is 11.2 Å². The highest BCUT2D eigenvalue weighted by Crippen LogP contribution is 2.40. The van der Waals surface area contributed by atoms with Crippen molar-refractivity contribution in [3.05, 3.63) is 48.1 Å². The molecule has 4 heterocycles. The molecule has 0 aliphatic carbocycles. The minimum Gasteiger partial charge on any atom is -0.475 e. The number of hydrogen-bond acceptors (Lipinski definition) is 6. The monoisotopic (exact) mass is 468 g/mol. The van der Waals surface area contributed by atoms with Gasteiger partial charge in [-0.2, -0.15) is 13.2 Å². The smallest absolute Gasteiger partial charge is 0.475 e. The predicted octanol–water partition coefficient (Wildman–Crippen LogP) is 2.75. The Kier molecular flexibility index (Phi) is 7.34. The van der Waals surface area contributed by atoms with Gasteiger partial charge in [-0.3, -0.25) is 14.6 Å². The summed E-state index contributed by atoms with van der Waals surface area (Å²) in [5.74, 6) is -2.36. The van der Waals surface area contributed by atoms with Gasteiger partial charge in [-0.25, -0.2) is 4.79 Å². The third-order valence-electron chi connectivity index (χ3n) is 5.85. The molecule has 2 fully saturated rings. The lowest BCUT2D eigenvalue weighted by molar-refractivity contribution is -0.192. The van der Waals surface area contributed by atoms with Crippen LogP contribution in [0, 0.1) is 5.41 Å². The Morgan fingerprint density at radius 1 is 1.15 bits per heavy atom. The van der Waals surface area contributed by atoms with E-state index in [0.29, 0.717) is 26.1 Å². The van der Waals surface area contributed by atoms with Crippen LogP contribution in [-0.4, -0.2) is 68.6 Å². The Hall–Kier alpha value is -3.44. The van der Waals surface area contributed by atoms with E-state index in [1.54, 1.807) is 12.3 Å². The number of aromatic nitrogens is 2. The summed E-state index contributed by atoms with van der Waals surface area (Å²) in [5.41, 5.74) is 1.16. The SMILES string of the molecule is O=C(O)C(F)(F)F.O=C1CCC2(CCN(C(=O)c3ccno3)CC2)CN1Cc1cccnc1. The second-order valence-electron chi connectivity index (χ2n) is 8.08. The first-order valence-electron chi connectivity index (χ1n) is 10.3. The van der Waals surface area contributed by atoms with E-state index in [1.807, 2.05) is 28.1 Å². The maximum Gasteiger partial charge on any atom is 0.490 e. The van der Waals surface area contributed by atoms with E-state index >= 15 is 0 Å². The number of hydrogen-bond donors (Lipinski definition) is 1. The molecule has 0 unspecified atom stereocenters. The molecule has 0 saturated carbocycles. The Labute approximate surface area is 187 Å². The van der Waals surface area contributed by atoms with Crippen molar-refractivity contribution in [3.63, 3.8) is 0 Å². The number of carbonyl (C=O) groups is 3. The van der Waals surface area contributed by atoms with Gasteiger partial charge in [0.05, 0.1) is 6.20 Å². The lowest BCUT2D eigenvalue weighted by Crippen LogP contribution is -2.52. The molecule has 0 atom stereocenters. The zero-order chi connectivity index (χ0) is 24.1. The molecule has 178 valence electrons. The second-order valence-corrected chi connectivity index (χ2v) is 8.08. The number of likely N-dealkylation sites (tertiary alicyclic amines) is 2. The zero-order valence-electron chi connectivity index (χ0n) is 17.6. The molecule has 9 nitrogen and oxygen atoms in total. The van der Waals surface area contributed by atoms with Gasteiger partial charge in [0, 0.05) is 51.1 Å². The molecule has 1 N–H and O–H groups in total. The second kappa shape index (κ2) is 10.0. The maximum atomic E-state index is 12.4. The molecule has 12 heteroatoms. The number of carboxylic acid groups (broad SMARTS) is 1. The van der Waals surface area contributed by atoms with Gasteiger partial charge < -0.3 is 19.4 Å². The highest BCUT2D eigenvalue weighted by molar-refractivity contribution is 5.91. The van der Waals surface area contributed by atoms with Gasteiger partial charge in [0.2, 0.25) is 11.7 Å². The molecule has 2 aromatic heterocycles. The third kappa shape index (κ3) is 6.30. The van der Waals surface area contributed by atoms with Crippen molar-refractivity contribution in [1.82, 2.24) is 19.9 Å². The molecule has 2 saturated heterocycles. The first-order valence-corrected chi connectivity index (χ1v) is 10.3. The summed E-state index contributed by atoms with van der Waals surface area (Å²) in [5, 5.41) is 10.7. The van der Waals surface area contributed by atoms with E-state index in [9.17, 15) is 22.8 Å². The Balaban J connectivity index is 0.000000383. The number of alkyl halides is 3. The summed E-state index contributed by atoms with van der Waals surface area (Å²) in [6, 6.07) is 5.49. The fraction of sp³-hybridized carbons (Fsp3) is 0.476. The standard InChI is InChI=1S/C19H22N4O3.C2HF3O2/c24-17-3-5-19(14-23(17)13-15-2-1-8-20-12-15)6-10-22(11-7-19)18(25)16-4-9-21-26-16;3-2(4,5)1(6)7/h1-2,4,8-9,12H,3,5-7,10-11,13-14H2;(H,6,7). The van der Waals surface area contributed by atoms with Crippen molar-refractivity contribution in [2.24, 2.45) is 5.41 Å². The van der Waals surface area contributed by atoms with Crippen LogP contribution in [0.15, 0.2) is 41.3 Å². The number of aliphatic carboxylic acids is 1. The molecule has 2 amide bonds. The Morgan fingerprint density at radius 2 is 1.85 bits per heavy atom. The van der Waals surface area contributed by atoms with Crippen molar-refractivity contribution in [2.75, 3.05) is 19.6 Å². The van der Waals surface area contributed by atoms with Crippen molar-refractivity contribution in [2.45, 2.75) is 38.4 Å². The minimum atomic E-state index is -5.08. The fourth-order valence-electron chi connectivity index (χ4n) is 4.03. The number of amides is 2. The van der Waals surface area contributed by atoms with Crippen molar-refractivity contribution < 1.29 is 37.2 Å². The highest BCUT2D eigenvalue weighted by Gasteiger charge is 2.42. The van der Waals surface area contributed by atoms with Crippen LogP contribution in [-0.2, 0) is 16.1 Å². The summed E-state index contributed by atoms with van der Waals surface area (Å²) in [4.78, 5) is 41.6. The van der Waals surface area contributed by atoms with Gasteiger partial charge >= 0.3 is 12.1 Å². The highest BCUT2D eigenvalue weighted by atomic mass is 19.4. The number of pyridine rings is 1. The van der Waals surface area contributed by atoms with Crippen LogP contribution in [0.2, 0.25) is 0 Å². The van der Waals surface area contributed by atoms with Crippen LogP contribution < -0.4 is 0 Å². The molecular weight excluding hydrogens is 445 g/mol. The van der Waals surface area contributed by atoms with E-state index in [4.69, 9.17) is 14.4 Å². The molecule has 0 aromatic carbocycles. The van der Waals surface area contributed by atoms with Gasteiger partial charge in [0.15, 0.2) is 0 Å². The number of piperidine rings is 2. The van der Waals surface area contributed by atoms with Crippen molar-refractivity contribution in [3.8, 4) is 0 Å². The molecule has 2 aliphatic heterocycles. The molecule has 2 aromatic rings. The number of carboxylic acids is 1. The average molecular weight is 468 g/mol. The zero-order valence-corrected chi connectivity index (χ0v) is 17.6. The number of rotatable bonds is 3. The van der Waals surface area contributed by atoms with E-state index < -0.39 is 12.1 Å². The molecule has 33 heavy (non-hydrogen) atoms. The summed E-state index contributed by atoms with van der Waals surface area (Å²) in [7, 11) is 0. The topological polar surface area (TPSA) is 117 Å². The summed E-state index contributed by atoms with van der Waals surface area (Å²) < 4.78 is 36.7. The molecule has 4 rings (SSSR count). The van der Waals surface area contributed by atoms with Gasteiger partial charge in [0.25, 0.3) is 5.91 Å². The van der Waals surface area contributed by atoms with Crippen LogP contribution in [0.3, 0.4) is 0 Å². The molecule has 1 spiro atoms. The largest absolute Gasteiger partial charge is 0.490 e. The van der Waals surface area contributed by atoms with Crippen molar-refractivity contribution in [1.29, 1.82) is 0 Å².